The third kappa shape index (κ3) is 2.82. The van der Waals surface area contributed by atoms with Crippen molar-refractivity contribution in [2.24, 2.45) is 0 Å². The van der Waals surface area contributed by atoms with E-state index >= 15 is 0 Å². The van der Waals surface area contributed by atoms with E-state index in [2.05, 4.69) is 4.18 Å². The number of halogens is 3. The van der Waals surface area contributed by atoms with Crippen LogP contribution in [-0.2, 0) is 19.0 Å². The van der Waals surface area contributed by atoms with Crippen LogP contribution in [0.1, 0.15) is 12.8 Å². The van der Waals surface area contributed by atoms with E-state index < -0.39 is 28.3 Å². The Hall–Kier alpha value is -0.340. The Bertz CT molecular complexity index is 278. The van der Waals surface area contributed by atoms with Gasteiger partial charge in [-0.05, 0) is 12.8 Å². The minimum atomic E-state index is -5.47. The van der Waals surface area contributed by atoms with Crippen molar-refractivity contribution in [2.75, 3.05) is 13.2 Å². The standard InChI is InChI=1S/C6H9F3O4S/c7-6(8,9)14(10,11)13-4-5-2-1-3-12-5/h5H,1-4H2. The summed E-state index contributed by atoms with van der Waals surface area (Å²) in [6, 6.07) is 0. The normalized spacial score (nSPS) is 24.1. The van der Waals surface area contributed by atoms with Crippen LogP contribution in [0.2, 0.25) is 0 Å². The van der Waals surface area contributed by atoms with Crippen molar-refractivity contribution in [1.82, 2.24) is 0 Å². The van der Waals surface area contributed by atoms with E-state index in [1.54, 1.807) is 0 Å². The minimum absolute atomic E-state index is 0.431. The largest absolute Gasteiger partial charge is 0.523 e. The molecule has 1 aliphatic heterocycles. The van der Waals surface area contributed by atoms with Gasteiger partial charge in [0.2, 0.25) is 0 Å². The van der Waals surface area contributed by atoms with Crippen molar-refractivity contribution >= 4 is 10.1 Å². The van der Waals surface area contributed by atoms with Gasteiger partial charge in [0.05, 0.1) is 12.7 Å². The average Bonchev–Trinajstić information content (AvgIpc) is 2.50. The molecule has 14 heavy (non-hydrogen) atoms. The molecular formula is C6H9F3O4S. The van der Waals surface area contributed by atoms with Gasteiger partial charge in [0, 0.05) is 6.61 Å². The van der Waals surface area contributed by atoms with Crippen LogP contribution in [0, 0.1) is 0 Å². The highest BCUT2D eigenvalue weighted by Crippen LogP contribution is 2.25. The molecule has 0 aromatic carbocycles. The van der Waals surface area contributed by atoms with E-state index in [1.165, 1.54) is 0 Å². The molecule has 1 aliphatic rings. The van der Waals surface area contributed by atoms with Gasteiger partial charge in [0.1, 0.15) is 0 Å². The molecule has 0 amide bonds. The van der Waals surface area contributed by atoms with Gasteiger partial charge in [0.15, 0.2) is 0 Å². The molecule has 4 nitrogen and oxygen atoms in total. The van der Waals surface area contributed by atoms with Crippen LogP contribution in [-0.4, -0.2) is 33.2 Å². The molecule has 1 heterocycles. The van der Waals surface area contributed by atoms with Gasteiger partial charge in [0.25, 0.3) is 0 Å². The van der Waals surface area contributed by atoms with Crippen LogP contribution >= 0.6 is 0 Å². The summed E-state index contributed by atoms with van der Waals surface area (Å²) in [7, 11) is -5.47. The lowest BCUT2D eigenvalue weighted by molar-refractivity contribution is -0.0569. The van der Waals surface area contributed by atoms with Crippen molar-refractivity contribution in [3.63, 3.8) is 0 Å². The third-order valence-corrected chi connectivity index (χ3v) is 2.73. The Labute approximate surface area is 79.1 Å². The summed E-state index contributed by atoms with van der Waals surface area (Å²) in [4.78, 5) is 0. The zero-order chi connectivity index (χ0) is 10.8. The fourth-order valence-corrected chi connectivity index (χ4v) is 1.47. The van der Waals surface area contributed by atoms with Gasteiger partial charge >= 0.3 is 15.6 Å². The lowest BCUT2D eigenvalue weighted by Gasteiger charge is -2.11. The molecule has 84 valence electrons. The molecule has 1 rings (SSSR count). The second-order valence-electron chi connectivity index (χ2n) is 2.82. The van der Waals surface area contributed by atoms with Gasteiger partial charge in [-0.1, -0.05) is 0 Å². The predicted molar refractivity (Wildman–Crippen MR) is 39.9 cm³/mol. The molecule has 8 heteroatoms. The van der Waals surface area contributed by atoms with Gasteiger partial charge in [-0.15, -0.1) is 0 Å². The summed E-state index contributed by atoms with van der Waals surface area (Å²) < 4.78 is 64.8. The first-order chi connectivity index (χ1) is 6.33. The van der Waals surface area contributed by atoms with Crippen molar-refractivity contribution in [3.8, 4) is 0 Å². The van der Waals surface area contributed by atoms with Crippen molar-refractivity contribution in [3.05, 3.63) is 0 Å². The van der Waals surface area contributed by atoms with Crippen LogP contribution in [0.25, 0.3) is 0 Å². The first kappa shape index (κ1) is 11.7. The summed E-state index contributed by atoms with van der Waals surface area (Å²) in [5, 5.41) is 0. The number of hydrogen-bond acceptors (Lipinski definition) is 4. The SMILES string of the molecule is O=S(=O)(OCC1CCCO1)C(F)(F)F. The Balaban J connectivity index is 2.44. The monoisotopic (exact) mass is 234 g/mol. The van der Waals surface area contributed by atoms with Gasteiger partial charge in [-0.25, -0.2) is 0 Å². The zero-order valence-electron chi connectivity index (χ0n) is 7.08. The second kappa shape index (κ2) is 4.03. The Morgan fingerprint density at radius 1 is 1.43 bits per heavy atom. The van der Waals surface area contributed by atoms with Crippen LogP contribution in [0.4, 0.5) is 13.2 Å². The lowest BCUT2D eigenvalue weighted by atomic mass is 10.2. The molecule has 0 N–H and O–H groups in total. The molecule has 0 saturated carbocycles. The molecule has 0 radical (unpaired) electrons. The van der Waals surface area contributed by atoms with Gasteiger partial charge < -0.3 is 4.74 Å². The van der Waals surface area contributed by atoms with E-state index in [0.29, 0.717) is 19.4 Å². The number of ether oxygens (including phenoxy) is 1. The lowest BCUT2D eigenvalue weighted by Crippen LogP contribution is -2.28. The van der Waals surface area contributed by atoms with Gasteiger partial charge in [-0.3, -0.25) is 4.18 Å². The smallest absolute Gasteiger partial charge is 0.376 e. The van der Waals surface area contributed by atoms with Crippen LogP contribution < -0.4 is 0 Å². The Kier molecular flexibility index (Phi) is 3.38. The third-order valence-electron chi connectivity index (χ3n) is 1.72. The summed E-state index contributed by atoms with van der Waals surface area (Å²) >= 11 is 0. The quantitative estimate of drug-likeness (QED) is 0.540. The molecule has 1 atom stereocenters. The zero-order valence-corrected chi connectivity index (χ0v) is 7.90. The number of rotatable bonds is 3. The molecule has 1 fully saturated rings. The van der Waals surface area contributed by atoms with E-state index in [9.17, 15) is 21.6 Å². The van der Waals surface area contributed by atoms with E-state index in [-0.39, 0.29) is 0 Å². The highest BCUT2D eigenvalue weighted by molar-refractivity contribution is 7.87. The van der Waals surface area contributed by atoms with Gasteiger partial charge in [-0.2, -0.15) is 21.6 Å². The molecular weight excluding hydrogens is 225 g/mol. The predicted octanol–water partition coefficient (Wildman–Crippen LogP) is 1.03. The van der Waals surface area contributed by atoms with Crippen molar-refractivity contribution in [2.45, 2.75) is 24.5 Å². The van der Waals surface area contributed by atoms with Crippen LogP contribution in [0.15, 0.2) is 0 Å². The first-order valence-corrected chi connectivity index (χ1v) is 5.31. The van der Waals surface area contributed by atoms with Crippen LogP contribution in [0.3, 0.4) is 0 Å². The summed E-state index contributed by atoms with van der Waals surface area (Å²) in [5.74, 6) is 0. The Morgan fingerprint density at radius 2 is 2.07 bits per heavy atom. The minimum Gasteiger partial charge on any atom is -0.376 e. The molecule has 1 saturated heterocycles. The van der Waals surface area contributed by atoms with E-state index in [1.807, 2.05) is 0 Å². The fourth-order valence-electron chi connectivity index (χ4n) is 1.01. The molecule has 1 unspecified atom stereocenters. The molecule has 0 aromatic rings. The summed E-state index contributed by atoms with van der Waals surface area (Å²) in [6.07, 6.45) is 0.681. The second-order valence-corrected chi connectivity index (χ2v) is 4.43. The van der Waals surface area contributed by atoms with E-state index in [0.717, 1.165) is 0 Å². The summed E-state index contributed by atoms with van der Waals surface area (Å²) in [6.45, 7) is -0.137. The Morgan fingerprint density at radius 3 is 2.50 bits per heavy atom. The average molecular weight is 234 g/mol. The summed E-state index contributed by atoms with van der Waals surface area (Å²) in [5.41, 5.74) is -5.36. The fraction of sp³-hybridized carbons (Fsp3) is 1.00. The van der Waals surface area contributed by atoms with Crippen molar-refractivity contribution < 1.29 is 30.5 Å². The maximum atomic E-state index is 11.8. The van der Waals surface area contributed by atoms with Crippen LogP contribution in [0.5, 0.6) is 0 Å². The molecule has 0 aromatic heterocycles. The molecule has 0 aliphatic carbocycles. The van der Waals surface area contributed by atoms with Crippen molar-refractivity contribution in [1.29, 1.82) is 0 Å². The topological polar surface area (TPSA) is 52.6 Å². The highest BCUT2D eigenvalue weighted by atomic mass is 32.2. The maximum Gasteiger partial charge on any atom is 0.523 e. The number of hydrogen-bond donors (Lipinski definition) is 0. The highest BCUT2D eigenvalue weighted by Gasteiger charge is 2.47. The first-order valence-electron chi connectivity index (χ1n) is 3.90. The molecule has 0 spiro atoms. The number of alkyl halides is 3. The maximum absolute atomic E-state index is 11.8. The molecule has 0 bridgehead atoms. The van der Waals surface area contributed by atoms with E-state index in [4.69, 9.17) is 4.74 Å².